The molecule has 6 heteroatoms. The third-order valence-electron chi connectivity index (χ3n) is 7.51. The summed E-state index contributed by atoms with van der Waals surface area (Å²) in [5.41, 5.74) is 3.00. The number of aromatic nitrogens is 2. The first-order valence-electron chi connectivity index (χ1n) is 11.8. The lowest BCUT2D eigenvalue weighted by Crippen LogP contribution is -2.44. The van der Waals surface area contributed by atoms with Gasteiger partial charge >= 0.3 is 0 Å². The van der Waals surface area contributed by atoms with Gasteiger partial charge in [0.2, 0.25) is 5.91 Å². The topological polar surface area (TPSA) is 47.4 Å². The molecule has 0 bridgehead atoms. The van der Waals surface area contributed by atoms with Gasteiger partial charge in [-0.05, 0) is 68.4 Å². The molecule has 0 radical (unpaired) electrons. The number of nitrogens with zero attached hydrogens (tertiary/aromatic N) is 3. The van der Waals surface area contributed by atoms with E-state index >= 15 is 0 Å². The highest BCUT2D eigenvalue weighted by molar-refractivity contribution is 6.30. The normalized spacial score (nSPS) is 23.0. The van der Waals surface area contributed by atoms with E-state index < -0.39 is 0 Å². The van der Waals surface area contributed by atoms with E-state index in [-0.39, 0.29) is 17.4 Å². The van der Waals surface area contributed by atoms with Crippen LogP contribution in [0.2, 0.25) is 5.02 Å². The zero-order valence-corrected chi connectivity index (χ0v) is 18.9. The average molecular weight is 450 g/mol. The van der Waals surface area contributed by atoms with Gasteiger partial charge in [-0.25, -0.2) is 4.98 Å². The third-order valence-corrected chi connectivity index (χ3v) is 7.77. The fourth-order valence-electron chi connectivity index (χ4n) is 5.61. The smallest absolute Gasteiger partial charge is 0.233 e. The molecule has 1 aromatic heterocycles. The van der Waals surface area contributed by atoms with Gasteiger partial charge in [0, 0.05) is 30.8 Å². The van der Waals surface area contributed by atoms with E-state index in [1.165, 1.54) is 5.52 Å². The summed E-state index contributed by atoms with van der Waals surface area (Å²) < 4.78 is 8.43. The van der Waals surface area contributed by atoms with Crippen molar-refractivity contribution in [2.24, 2.45) is 0 Å². The van der Waals surface area contributed by atoms with E-state index in [1.807, 2.05) is 30.3 Å². The molecule has 1 aliphatic carbocycles. The van der Waals surface area contributed by atoms with E-state index in [0.29, 0.717) is 11.1 Å². The van der Waals surface area contributed by atoms with Gasteiger partial charge < -0.3 is 14.2 Å². The van der Waals surface area contributed by atoms with E-state index in [2.05, 4.69) is 27.7 Å². The number of para-hydroxylation sites is 2. The first kappa shape index (κ1) is 20.3. The van der Waals surface area contributed by atoms with Crippen molar-refractivity contribution in [1.82, 2.24) is 14.5 Å². The van der Waals surface area contributed by atoms with Crippen molar-refractivity contribution in [2.75, 3.05) is 19.7 Å². The summed E-state index contributed by atoms with van der Waals surface area (Å²) in [6, 6.07) is 16.6. The molecule has 32 heavy (non-hydrogen) atoms. The Kier molecular flexibility index (Phi) is 4.99. The van der Waals surface area contributed by atoms with Crippen molar-refractivity contribution in [2.45, 2.75) is 56.1 Å². The van der Waals surface area contributed by atoms with Crippen LogP contribution in [0, 0.1) is 0 Å². The van der Waals surface area contributed by atoms with Crippen LogP contribution in [0.1, 0.15) is 62.1 Å². The molecule has 166 valence electrons. The lowest BCUT2D eigenvalue weighted by molar-refractivity contribution is -0.135. The summed E-state index contributed by atoms with van der Waals surface area (Å²) in [4.78, 5) is 20.6. The van der Waals surface area contributed by atoms with E-state index in [1.54, 1.807) is 0 Å². The van der Waals surface area contributed by atoms with Crippen molar-refractivity contribution < 1.29 is 9.53 Å². The predicted molar refractivity (Wildman–Crippen MR) is 125 cm³/mol. The van der Waals surface area contributed by atoms with E-state index in [9.17, 15) is 4.79 Å². The molecular weight excluding hydrogens is 422 g/mol. The van der Waals surface area contributed by atoms with Gasteiger partial charge in [-0.15, -0.1) is 0 Å². The van der Waals surface area contributed by atoms with Crippen LogP contribution < -0.4 is 0 Å². The minimum absolute atomic E-state index is 0.0849. The van der Waals surface area contributed by atoms with Crippen molar-refractivity contribution in [3.8, 4) is 0 Å². The summed E-state index contributed by atoms with van der Waals surface area (Å²) in [5.74, 6) is 1.35. The summed E-state index contributed by atoms with van der Waals surface area (Å²) in [6.45, 7) is 2.39. The Bertz CT molecular complexity index is 1140. The molecular formula is C26H28ClN3O2. The third kappa shape index (κ3) is 3.34. The number of piperidine rings is 1. The zero-order valence-electron chi connectivity index (χ0n) is 18.2. The Morgan fingerprint density at radius 3 is 2.47 bits per heavy atom. The second-order valence-corrected chi connectivity index (χ2v) is 9.88. The molecule has 3 aromatic rings. The summed E-state index contributed by atoms with van der Waals surface area (Å²) >= 11 is 6.06. The maximum atomic E-state index is 13.5. The van der Waals surface area contributed by atoms with Crippen molar-refractivity contribution in [3.05, 3.63) is 64.9 Å². The highest BCUT2D eigenvalue weighted by Crippen LogP contribution is 2.50. The predicted octanol–water partition coefficient (Wildman–Crippen LogP) is 5.44. The summed E-state index contributed by atoms with van der Waals surface area (Å²) in [6.07, 6.45) is 5.97. The molecule has 0 N–H and O–H groups in total. The Morgan fingerprint density at radius 2 is 1.78 bits per heavy atom. The molecule has 3 heterocycles. The average Bonchev–Trinajstić information content (AvgIpc) is 3.28. The fraction of sp³-hybridized carbons (Fsp3) is 0.462. The maximum absolute atomic E-state index is 13.5. The highest BCUT2D eigenvalue weighted by Gasteiger charge is 2.53. The Balaban J connectivity index is 1.23. The molecule has 2 saturated heterocycles. The number of carbonyl (C=O) groups excluding carboxylic acids is 1. The Hall–Kier alpha value is -2.37. The Labute approximate surface area is 193 Å². The molecule has 1 amide bonds. The number of fused-ring (bicyclic) bond motifs is 1. The number of hydrogen-bond donors (Lipinski definition) is 0. The molecule has 0 spiro atoms. The van der Waals surface area contributed by atoms with Crippen LogP contribution in [0.3, 0.4) is 0 Å². The van der Waals surface area contributed by atoms with Gasteiger partial charge in [-0.3, -0.25) is 4.79 Å². The van der Waals surface area contributed by atoms with Crippen LogP contribution in [-0.4, -0.2) is 40.1 Å². The second-order valence-electron chi connectivity index (χ2n) is 9.44. The number of rotatable bonds is 4. The van der Waals surface area contributed by atoms with Gasteiger partial charge in [-0.2, -0.15) is 0 Å². The van der Waals surface area contributed by atoms with Crippen LogP contribution in [0.4, 0.5) is 0 Å². The molecule has 3 aliphatic rings. The van der Waals surface area contributed by atoms with Crippen LogP contribution in [0.5, 0.6) is 0 Å². The number of likely N-dealkylation sites (tertiary alicyclic amines) is 1. The minimum Gasteiger partial charge on any atom is -0.370 e. The number of ether oxygens (including phenoxy) is 1. The van der Waals surface area contributed by atoms with Gasteiger partial charge in [0.1, 0.15) is 11.9 Å². The first-order chi connectivity index (χ1) is 15.7. The lowest BCUT2D eigenvalue weighted by atomic mass is 9.93. The molecule has 3 fully saturated rings. The van der Waals surface area contributed by atoms with Gasteiger partial charge in [0.05, 0.1) is 16.4 Å². The monoisotopic (exact) mass is 449 g/mol. The second kappa shape index (κ2) is 7.89. The molecule has 0 unspecified atom stereocenters. The molecule has 5 nitrogen and oxygen atoms in total. The minimum atomic E-state index is -0.331. The Morgan fingerprint density at radius 1 is 1.03 bits per heavy atom. The molecule has 1 atom stereocenters. The zero-order chi connectivity index (χ0) is 21.7. The van der Waals surface area contributed by atoms with Crippen molar-refractivity contribution in [1.29, 1.82) is 0 Å². The van der Waals surface area contributed by atoms with E-state index in [0.717, 1.165) is 75.1 Å². The van der Waals surface area contributed by atoms with Gasteiger partial charge in [0.25, 0.3) is 0 Å². The quantitative estimate of drug-likeness (QED) is 0.533. The van der Waals surface area contributed by atoms with Crippen LogP contribution in [0.25, 0.3) is 11.0 Å². The molecule has 6 rings (SSSR count). The highest BCUT2D eigenvalue weighted by atomic mass is 35.5. The fourth-order valence-corrected chi connectivity index (χ4v) is 5.73. The van der Waals surface area contributed by atoms with Crippen LogP contribution >= 0.6 is 11.6 Å². The van der Waals surface area contributed by atoms with Crippen molar-refractivity contribution >= 4 is 28.5 Å². The molecule has 2 aliphatic heterocycles. The number of benzene rings is 2. The van der Waals surface area contributed by atoms with Crippen LogP contribution in [0.15, 0.2) is 48.5 Å². The standard InChI is InChI=1S/C26H28ClN3O2/c27-19-9-7-18(8-10-19)26(13-14-26)25(31)29-15-11-20(12-16-29)30-22-5-2-1-4-21(22)28-24(30)23-6-3-17-32-23/h1-2,4-5,7-10,20,23H,3,6,11-17H2/t23-/m0/s1. The SMILES string of the molecule is O=C(N1CCC(n2c([C@@H]3CCCO3)nc3ccccc32)CC1)C1(c2ccc(Cl)cc2)CC1. The maximum Gasteiger partial charge on any atom is 0.233 e. The largest absolute Gasteiger partial charge is 0.370 e. The number of hydrogen-bond acceptors (Lipinski definition) is 3. The number of carbonyl (C=O) groups is 1. The van der Waals surface area contributed by atoms with E-state index in [4.69, 9.17) is 21.3 Å². The van der Waals surface area contributed by atoms with Crippen molar-refractivity contribution in [3.63, 3.8) is 0 Å². The first-order valence-corrected chi connectivity index (χ1v) is 12.2. The number of halogens is 1. The molecule has 2 aromatic carbocycles. The number of amides is 1. The van der Waals surface area contributed by atoms with Gasteiger partial charge in [0.15, 0.2) is 0 Å². The van der Waals surface area contributed by atoms with Crippen LogP contribution in [-0.2, 0) is 14.9 Å². The lowest BCUT2D eigenvalue weighted by Gasteiger charge is -2.36. The van der Waals surface area contributed by atoms with Gasteiger partial charge in [-0.1, -0.05) is 35.9 Å². The summed E-state index contributed by atoms with van der Waals surface area (Å²) in [5, 5.41) is 0.715. The molecule has 1 saturated carbocycles. The summed E-state index contributed by atoms with van der Waals surface area (Å²) in [7, 11) is 0. The number of imidazole rings is 1.